The summed E-state index contributed by atoms with van der Waals surface area (Å²) >= 11 is 0. The first-order chi connectivity index (χ1) is 17.4. The summed E-state index contributed by atoms with van der Waals surface area (Å²) in [6.45, 7) is 6.39. The molecule has 4 aromatic rings. The number of hydrogen-bond acceptors (Lipinski definition) is 7. The highest BCUT2D eigenvalue weighted by molar-refractivity contribution is 6.05. The number of ether oxygens (including phenoxy) is 1. The second-order valence-corrected chi connectivity index (χ2v) is 9.00. The van der Waals surface area contributed by atoms with Crippen LogP contribution in [0.1, 0.15) is 35.7 Å². The van der Waals surface area contributed by atoms with E-state index in [2.05, 4.69) is 24.1 Å². The predicted octanol–water partition coefficient (Wildman–Crippen LogP) is 5.62. The monoisotopic (exact) mass is 486 g/mol. The number of nitro groups is 1. The number of aromatic nitrogens is 1. The Morgan fingerprint density at radius 3 is 2.64 bits per heavy atom. The first-order valence-electron chi connectivity index (χ1n) is 11.8. The van der Waals surface area contributed by atoms with Crippen LogP contribution in [0.5, 0.6) is 0 Å². The summed E-state index contributed by atoms with van der Waals surface area (Å²) < 4.78 is 11.3. The molecule has 0 bridgehead atoms. The standard InChI is InChI=1S/C27H26N4O5/c1-17(2)18-7-9-25-22(15-18)29-27(36-25)20-4-3-5-21(14-20)28-26(32)19-6-8-23(24(16-19)31(33)34)30-10-12-35-13-11-30/h3-9,14-17H,10-13H2,1-2H3,(H,28,32). The Hall–Kier alpha value is -4.24. The number of nitrogens with zero attached hydrogens (tertiary/aromatic N) is 3. The molecule has 0 spiro atoms. The third-order valence-corrected chi connectivity index (χ3v) is 6.23. The number of rotatable bonds is 6. The van der Waals surface area contributed by atoms with Gasteiger partial charge in [-0.25, -0.2) is 4.98 Å². The van der Waals surface area contributed by atoms with Gasteiger partial charge in [0.25, 0.3) is 11.6 Å². The number of carbonyl (C=O) groups excluding carboxylic acids is 1. The van der Waals surface area contributed by atoms with Gasteiger partial charge in [0.2, 0.25) is 5.89 Å². The second-order valence-electron chi connectivity index (χ2n) is 9.00. The van der Waals surface area contributed by atoms with Crippen molar-refractivity contribution in [2.75, 3.05) is 36.5 Å². The molecule has 1 fully saturated rings. The Kier molecular flexibility index (Phi) is 6.39. The molecule has 5 rings (SSSR count). The molecule has 1 N–H and O–H groups in total. The molecule has 184 valence electrons. The summed E-state index contributed by atoms with van der Waals surface area (Å²) in [7, 11) is 0. The van der Waals surface area contributed by atoms with Crippen LogP contribution in [0.15, 0.2) is 65.1 Å². The number of nitrogens with one attached hydrogen (secondary N) is 1. The molecule has 9 nitrogen and oxygen atoms in total. The summed E-state index contributed by atoms with van der Waals surface area (Å²) in [4.78, 5) is 30.8. The van der Waals surface area contributed by atoms with E-state index in [9.17, 15) is 14.9 Å². The number of amides is 1. The first-order valence-corrected chi connectivity index (χ1v) is 11.8. The average molecular weight is 487 g/mol. The summed E-state index contributed by atoms with van der Waals surface area (Å²) in [6.07, 6.45) is 0. The van der Waals surface area contributed by atoms with Crippen LogP contribution in [0.25, 0.3) is 22.6 Å². The minimum absolute atomic E-state index is 0.106. The van der Waals surface area contributed by atoms with Crippen molar-refractivity contribution < 1.29 is 18.9 Å². The van der Waals surface area contributed by atoms with Crippen LogP contribution in [0.4, 0.5) is 17.1 Å². The van der Waals surface area contributed by atoms with E-state index in [1.165, 1.54) is 11.6 Å². The SMILES string of the molecule is CC(C)c1ccc2oc(-c3cccc(NC(=O)c4ccc(N5CCOCC5)c([N+](=O)[O-])c4)c3)nc2c1. The largest absolute Gasteiger partial charge is 0.436 e. The molecule has 3 aromatic carbocycles. The summed E-state index contributed by atoms with van der Waals surface area (Å²) in [5.74, 6) is 0.391. The Balaban J connectivity index is 1.38. The van der Waals surface area contributed by atoms with E-state index in [1.807, 2.05) is 29.2 Å². The molecule has 0 saturated carbocycles. The molecule has 2 heterocycles. The van der Waals surface area contributed by atoms with Gasteiger partial charge in [-0.1, -0.05) is 26.0 Å². The number of anilines is 2. The van der Waals surface area contributed by atoms with Gasteiger partial charge < -0.3 is 19.4 Å². The van der Waals surface area contributed by atoms with Crippen molar-refractivity contribution >= 4 is 34.1 Å². The molecule has 36 heavy (non-hydrogen) atoms. The highest BCUT2D eigenvalue weighted by Crippen LogP contribution is 2.31. The van der Waals surface area contributed by atoms with Crippen molar-refractivity contribution in [1.82, 2.24) is 4.98 Å². The highest BCUT2D eigenvalue weighted by atomic mass is 16.6. The lowest BCUT2D eigenvalue weighted by Crippen LogP contribution is -2.36. The second kappa shape index (κ2) is 9.79. The van der Waals surface area contributed by atoms with E-state index in [0.717, 1.165) is 5.52 Å². The van der Waals surface area contributed by atoms with Gasteiger partial charge in [-0.15, -0.1) is 0 Å². The zero-order valence-corrected chi connectivity index (χ0v) is 20.1. The van der Waals surface area contributed by atoms with Crippen LogP contribution in [-0.4, -0.2) is 42.1 Å². The fourth-order valence-electron chi connectivity index (χ4n) is 4.24. The zero-order valence-electron chi connectivity index (χ0n) is 20.1. The van der Waals surface area contributed by atoms with Crippen molar-refractivity contribution in [2.24, 2.45) is 0 Å². The minimum Gasteiger partial charge on any atom is -0.436 e. The number of carbonyl (C=O) groups is 1. The minimum atomic E-state index is -0.458. The highest BCUT2D eigenvalue weighted by Gasteiger charge is 2.23. The lowest BCUT2D eigenvalue weighted by Gasteiger charge is -2.28. The van der Waals surface area contributed by atoms with Crippen LogP contribution in [0.2, 0.25) is 0 Å². The quantitative estimate of drug-likeness (QED) is 0.278. The lowest BCUT2D eigenvalue weighted by atomic mass is 10.0. The number of benzene rings is 3. The van der Waals surface area contributed by atoms with Crippen LogP contribution in [-0.2, 0) is 4.74 Å². The molecule has 1 aliphatic rings. The van der Waals surface area contributed by atoms with Crippen molar-refractivity contribution in [2.45, 2.75) is 19.8 Å². The summed E-state index contributed by atoms with van der Waals surface area (Å²) in [5, 5.41) is 14.6. The Morgan fingerprint density at radius 2 is 1.89 bits per heavy atom. The van der Waals surface area contributed by atoms with E-state index in [0.29, 0.717) is 60.6 Å². The average Bonchev–Trinajstić information content (AvgIpc) is 3.32. The van der Waals surface area contributed by atoms with Crippen LogP contribution < -0.4 is 10.2 Å². The molecule has 1 saturated heterocycles. The molecular weight excluding hydrogens is 460 g/mol. The smallest absolute Gasteiger partial charge is 0.293 e. The van der Waals surface area contributed by atoms with Crippen molar-refractivity contribution in [1.29, 1.82) is 0 Å². The van der Waals surface area contributed by atoms with Gasteiger partial charge in [0.15, 0.2) is 5.58 Å². The summed E-state index contributed by atoms with van der Waals surface area (Å²) in [5.41, 5.74) is 4.47. The van der Waals surface area contributed by atoms with E-state index in [1.54, 1.807) is 30.3 Å². The Labute approximate surface area is 207 Å². The number of fused-ring (bicyclic) bond motifs is 1. The Bertz CT molecular complexity index is 1440. The fraction of sp³-hybridized carbons (Fsp3) is 0.259. The molecule has 1 aliphatic heterocycles. The molecule has 0 aliphatic carbocycles. The number of oxazole rings is 1. The van der Waals surface area contributed by atoms with Gasteiger partial charge in [0.05, 0.1) is 18.1 Å². The first kappa shape index (κ1) is 23.5. The molecule has 0 unspecified atom stereocenters. The van der Waals surface area contributed by atoms with Crippen LogP contribution in [0.3, 0.4) is 0 Å². The number of hydrogen-bond donors (Lipinski definition) is 1. The van der Waals surface area contributed by atoms with E-state index >= 15 is 0 Å². The van der Waals surface area contributed by atoms with Gasteiger partial charge in [0, 0.05) is 36.0 Å². The number of morpholine rings is 1. The van der Waals surface area contributed by atoms with Gasteiger partial charge >= 0.3 is 0 Å². The van der Waals surface area contributed by atoms with Crippen LogP contribution >= 0.6 is 0 Å². The van der Waals surface area contributed by atoms with Gasteiger partial charge in [-0.2, -0.15) is 0 Å². The zero-order chi connectivity index (χ0) is 25.2. The van der Waals surface area contributed by atoms with Crippen LogP contribution in [0, 0.1) is 10.1 Å². The van der Waals surface area contributed by atoms with Gasteiger partial charge in [0.1, 0.15) is 11.2 Å². The maximum Gasteiger partial charge on any atom is 0.293 e. The Morgan fingerprint density at radius 1 is 1.08 bits per heavy atom. The third-order valence-electron chi connectivity index (χ3n) is 6.23. The van der Waals surface area contributed by atoms with Crippen molar-refractivity contribution in [3.05, 3.63) is 81.9 Å². The van der Waals surface area contributed by atoms with Gasteiger partial charge in [-0.3, -0.25) is 14.9 Å². The molecule has 0 atom stereocenters. The summed E-state index contributed by atoms with van der Waals surface area (Å²) in [6, 6.07) is 17.7. The maximum absolute atomic E-state index is 13.0. The van der Waals surface area contributed by atoms with E-state index in [-0.39, 0.29) is 11.3 Å². The topological polar surface area (TPSA) is 111 Å². The number of nitro benzene ring substituents is 1. The third kappa shape index (κ3) is 4.78. The molecule has 1 aromatic heterocycles. The molecule has 1 amide bonds. The normalized spacial score (nSPS) is 13.8. The lowest BCUT2D eigenvalue weighted by molar-refractivity contribution is -0.384. The molecular formula is C27H26N4O5. The van der Waals surface area contributed by atoms with Crippen molar-refractivity contribution in [3.63, 3.8) is 0 Å². The van der Waals surface area contributed by atoms with Crippen molar-refractivity contribution in [3.8, 4) is 11.5 Å². The molecule has 9 heteroatoms. The fourth-order valence-corrected chi connectivity index (χ4v) is 4.24. The van der Waals surface area contributed by atoms with E-state index in [4.69, 9.17) is 9.15 Å². The van der Waals surface area contributed by atoms with Gasteiger partial charge in [-0.05, 0) is 53.9 Å². The predicted molar refractivity (Wildman–Crippen MR) is 138 cm³/mol. The molecule has 0 radical (unpaired) electrons. The van der Waals surface area contributed by atoms with E-state index < -0.39 is 10.8 Å². The maximum atomic E-state index is 13.0.